The zero-order chi connectivity index (χ0) is 11.0. The maximum Gasteiger partial charge on any atom is -0.0294 e. The molecule has 0 heterocycles. The predicted molar refractivity (Wildman–Crippen MR) is 64.3 cm³/mol. The summed E-state index contributed by atoms with van der Waals surface area (Å²) in [4.78, 5) is 0. The fraction of sp³-hybridized carbons (Fsp3) is 0.857. The van der Waals surface area contributed by atoms with E-state index in [0.29, 0.717) is 10.8 Å². The highest BCUT2D eigenvalue weighted by molar-refractivity contribution is 5.00. The minimum absolute atomic E-state index is 0.447. The molecule has 0 saturated heterocycles. The summed E-state index contributed by atoms with van der Waals surface area (Å²) < 4.78 is 0. The SMILES string of the molecule is CC(C)(C)[C@H]1CC=CC[C@@H]1C(C)(C)C. The molecule has 0 spiro atoms. The zero-order valence-corrected chi connectivity index (χ0v) is 10.7. The first-order valence-corrected chi connectivity index (χ1v) is 5.88. The lowest BCUT2D eigenvalue weighted by Crippen LogP contribution is -2.36. The minimum atomic E-state index is 0.447. The van der Waals surface area contributed by atoms with Crippen molar-refractivity contribution < 1.29 is 0 Å². The van der Waals surface area contributed by atoms with Gasteiger partial charge < -0.3 is 0 Å². The third-order valence-corrected chi connectivity index (χ3v) is 3.66. The van der Waals surface area contributed by atoms with Crippen molar-refractivity contribution in [2.24, 2.45) is 22.7 Å². The van der Waals surface area contributed by atoms with Crippen LogP contribution in [0.25, 0.3) is 0 Å². The predicted octanol–water partition coefficient (Wildman–Crippen LogP) is 4.66. The van der Waals surface area contributed by atoms with Gasteiger partial charge in [-0.2, -0.15) is 0 Å². The van der Waals surface area contributed by atoms with Gasteiger partial charge in [-0.1, -0.05) is 53.7 Å². The average Bonchev–Trinajstić information content (AvgIpc) is 2.01. The van der Waals surface area contributed by atoms with Crippen molar-refractivity contribution in [1.82, 2.24) is 0 Å². The first-order valence-electron chi connectivity index (χ1n) is 5.88. The van der Waals surface area contributed by atoms with Crippen molar-refractivity contribution in [3.8, 4) is 0 Å². The number of hydrogen-bond acceptors (Lipinski definition) is 0. The zero-order valence-electron chi connectivity index (χ0n) is 10.7. The summed E-state index contributed by atoms with van der Waals surface area (Å²) >= 11 is 0. The third kappa shape index (κ3) is 2.62. The largest absolute Gasteiger partial charge is 0.0882 e. The summed E-state index contributed by atoms with van der Waals surface area (Å²) in [6.07, 6.45) is 7.28. The summed E-state index contributed by atoms with van der Waals surface area (Å²) in [7, 11) is 0. The number of allylic oxidation sites excluding steroid dienone is 2. The van der Waals surface area contributed by atoms with E-state index in [1.807, 2.05) is 0 Å². The topological polar surface area (TPSA) is 0 Å². The molecule has 0 heteroatoms. The smallest absolute Gasteiger partial charge is 0.0294 e. The molecule has 1 rings (SSSR count). The molecule has 0 aromatic rings. The molecule has 1 aliphatic carbocycles. The standard InChI is InChI=1S/C14H26/c1-13(2,3)11-9-7-8-10-12(11)14(4,5)6/h7-8,11-12H,9-10H2,1-6H3/t11-,12-/m0/s1. The van der Waals surface area contributed by atoms with Gasteiger partial charge in [0.25, 0.3) is 0 Å². The lowest BCUT2D eigenvalue weighted by molar-refractivity contribution is 0.0691. The Morgan fingerprint density at radius 1 is 0.714 bits per heavy atom. The van der Waals surface area contributed by atoms with Crippen LogP contribution in [0.15, 0.2) is 12.2 Å². The minimum Gasteiger partial charge on any atom is -0.0882 e. The molecule has 82 valence electrons. The summed E-state index contributed by atoms with van der Waals surface area (Å²) in [5.74, 6) is 1.68. The van der Waals surface area contributed by atoms with Crippen molar-refractivity contribution in [2.45, 2.75) is 54.4 Å². The van der Waals surface area contributed by atoms with Gasteiger partial charge in [0.2, 0.25) is 0 Å². The van der Waals surface area contributed by atoms with E-state index in [4.69, 9.17) is 0 Å². The van der Waals surface area contributed by atoms with Crippen LogP contribution in [0.4, 0.5) is 0 Å². The summed E-state index contributed by atoms with van der Waals surface area (Å²) in [6, 6.07) is 0. The van der Waals surface area contributed by atoms with Crippen LogP contribution in [0.3, 0.4) is 0 Å². The summed E-state index contributed by atoms with van der Waals surface area (Å²) in [5.41, 5.74) is 0.894. The third-order valence-electron chi connectivity index (χ3n) is 3.66. The van der Waals surface area contributed by atoms with E-state index >= 15 is 0 Å². The van der Waals surface area contributed by atoms with Gasteiger partial charge in [0.1, 0.15) is 0 Å². The molecule has 0 radical (unpaired) electrons. The van der Waals surface area contributed by atoms with Crippen LogP contribution < -0.4 is 0 Å². The fourth-order valence-corrected chi connectivity index (χ4v) is 2.73. The van der Waals surface area contributed by atoms with E-state index < -0.39 is 0 Å². The Hall–Kier alpha value is -0.260. The van der Waals surface area contributed by atoms with Crippen LogP contribution in [-0.4, -0.2) is 0 Å². The molecule has 1 aliphatic rings. The Morgan fingerprint density at radius 3 is 1.21 bits per heavy atom. The molecule has 0 aromatic heterocycles. The molecule has 0 amide bonds. The van der Waals surface area contributed by atoms with E-state index in [1.165, 1.54) is 12.8 Å². The van der Waals surface area contributed by atoms with Gasteiger partial charge in [-0.3, -0.25) is 0 Å². The molecule has 0 nitrogen and oxygen atoms in total. The van der Waals surface area contributed by atoms with Crippen LogP contribution in [0.5, 0.6) is 0 Å². The van der Waals surface area contributed by atoms with Crippen LogP contribution in [0.2, 0.25) is 0 Å². The van der Waals surface area contributed by atoms with Crippen molar-refractivity contribution in [1.29, 1.82) is 0 Å². The normalized spacial score (nSPS) is 29.3. The number of rotatable bonds is 0. The molecule has 0 saturated carbocycles. The molecular weight excluding hydrogens is 168 g/mol. The van der Waals surface area contributed by atoms with Gasteiger partial charge in [-0.15, -0.1) is 0 Å². The van der Waals surface area contributed by atoms with Gasteiger partial charge >= 0.3 is 0 Å². The maximum absolute atomic E-state index is 2.38. The second-order valence-corrected chi connectivity index (χ2v) is 6.89. The molecule has 0 fully saturated rings. The second-order valence-electron chi connectivity index (χ2n) is 6.89. The molecule has 0 aliphatic heterocycles. The van der Waals surface area contributed by atoms with Gasteiger partial charge in [0.15, 0.2) is 0 Å². The average molecular weight is 194 g/mol. The van der Waals surface area contributed by atoms with E-state index in [0.717, 1.165) is 11.8 Å². The van der Waals surface area contributed by atoms with E-state index in [9.17, 15) is 0 Å². The van der Waals surface area contributed by atoms with Crippen LogP contribution in [0, 0.1) is 22.7 Å². The Morgan fingerprint density at radius 2 is 1.00 bits per heavy atom. The first-order chi connectivity index (χ1) is 6.23. The molecule has 0 aromatic carbocycles. The lowest BCUT2D eigenvalue weighted by atomic mass is 9.60. The van der Waals surface area contributed by atoms with Crippen molar-refractivity contribution in [3.63, 3.8) is 0 Å². The molecule has 14 heavy (non-hydrogen) atoms. The van der Waals surface area contributed by atoms with Crippen molar-refractivity contribution >= 4 is 0 Å². The van der Waals surface area contributed by atoms with Gasteiger partial charge in [-0.05, 0) is 35.5 Å². The Balaban J connectivity index is 2.87. The maximum atomic E-state index is 2.38. The van der Waals surface area contributed by atoms with Crippen LogP contribution >= 0.6 is 0 Å². The van der Waals surface area contributed by atoms with Gasteiger partial charge in [-0.25, -0.2) is 0 Å². The van der Waals surface area contributed by atoms with E-state index in [-0.39, 0.29) is 0 Å². The molecular formula is C14H26. The van der Waals surface area contributed by atoms with Crippen molar-refractivity contribution in [2.75, 3.05) is 0 Å². The van der Waals surface area contributed by atoms with Crippen LogP contribution in [0.1, 0.15) is 54.4 Å². The summed E-state index contributed by atoms with van der Waals surface area (Å²) in [6.45, 7) is 14.3. The molecule has 0 unspecified atom stereocenters. The Bertz CT molecular complexity index is 185. The highest BCUT2D eigenvalue weighted by Crippen LogP contribution is 2.46. The van der Waals surface area contributed by atoms with E-state index in [2.05, 4.69) is 53.7 Å². The Kier molecular flexibility index (Phi) is 3.13. The highest BCUT2D eigenvalue weighted by Gasteiger charge is 2.38. The first kappa shape index (κ1) is 11.8. The molecule has 0 N–H and O–H groups in total. The second kappa shape index (κ2) is 3.72. The lowest BCUT2D eigenvalue weighted by Gasteiger charge is -2.45. The quantitative estimate of drug-likeness (QED) is 0.492. The molecule has 2 atom stereocenters. The van der Waals surface area contributed by atoms with Gasteiger partial charge in [0.05, 0.1) is 0 Å². The van der Waals surface area contributed by atoms with Crippen LogP contribution in [-0.2, 0) is 0 Å². The Labute approximate surface area is 89.8 Å². The highest BCUT2D eigenvalue weighted by atomic mass is 14.4. The number of hydrogen-bond donors (Lipinski definition) is 0. The van der Waals surface area contributed by atoms with Gasteiger partial charge in [0, 0.05) is 0 Å². The fourth-order valence-electron chi connectivity index (χ4n) is 2.73. The monoisotopic (exact) mass is 194 g/mol. The molecule has 0 bridgehead atoms. The van der Waals surface area contributed by atoms with E-state index in [1.54, 1.807) is 0 Å². The van der Waals surface area contributed by atoms with Crippen molar-refractivity contribution in [3.05, 3.63) is 12.2 Å². The summed E-state index contributed by atoms with van der Waals surface area (Å²) in [5, 5.41) is 0.